The van der Waals surface area contributed by atoms with Crippen LogP contribution in [0.1, 0.15) is 15.2 Å². The molecule has 2 heterocycles. The van der Waals surface area contributed by atoms with Gasteiger partial charge in [-0.25, -0.2) is 0 Å². The predicted molar refractivity (Wildman–Crippen MR) is 91.9 cm³/mol. The molecular weight excluding hydrogens is 328 g/mol. The molecule has 0 bridgehead atoms. The summed E-state index contributed by atoms with van der Waals surface area (Å²) < 4.78 is 0. The van der Waals surface area contributed by atoms with Gasteiger partial charge in [-0.3, -0.25) is 14.9 Å². The van der Waals surface area contributed by atoms with Gasteiger partial charge in [-0.2, -0.15) is 5.26 Å². The van der Waals surface area contributed by atoms with Crippen molar-refractivity contribution in [3.05, 3.63) is 50.9 Å². The van der Waals surface area contributed by atoms with Crippen molar-refractivity contribution < 1.29 is 9.72 Å². The van der Waals surface area contributed by atoms with Crippen molar-refractivity contribution in [1.82, 2.24) is 0 Å². The van der Waals surface area contributed by atoms with Gasteiger partial charge in [-0.1, -0.05) is 0 Å². The summed E-state index contributed by atoms with van der Waals surface area (Å²) in [5.74, 6) is 0. The molecule has 0 aliphatic carbocycles. The molecule has 1 fully saturated rings. The van der Waals surface area contributed by atoms with Crippen LogP contribution in [-0.4, -0.2) is 37.4 Å². The molecular formula is C16H14N4O3S. The molecule has 7 nitrogen and oxygen atoms in total. The summed E-state index contributed by atoms with van der Waals surface area (Å²) in [5, 5.41) is 21.2. The average Bonchev–Trinajstić information content (AvgIpc) is 3.10. The molecule has 1 aromatic heterocycles. The first-order valence-electron chi connectivity index (χ1n) is 7.36. The maximum atomic E-state index is 10.8. The van der Waals surface area contributed by atoms with E-state index in [0.29, 0.717) is 23.5 Å². The molecule has 1 saturated heterocycles. The fourth-order valence-electron chi connectivity index (χ4n) is 2.75. The molecule has 0 atom stereocenters. The topological polar surface area (TPSA) is 90.5 Å². The molecule has 1 aromatic carbocycles. The maximum absolute atomic E-state index is 10.8. The highest BCUT2D eigenvalue weighted by molar-refractivity contribution is 7.17. The first kappa shape index (κ1) is 16.0. The average molecular weight is 342 g/mol. The summed E-state index contributed by atoms with van der Waals surface area (Å²) >= 11 is 1.46. The van der Waals surface area contributed by atoms with E-state index in [-0.39, 0.29) is 5.69 Å². The number of anilines is 2. The van der Waals surface area contributed by atoms with Gasteiger partial charge in [0, 0.05) is 38.3 Å². The van der Waals surface area contributed by atoms with E-state index in [1.165, 1.54) is 23.5 Å². The number of rotatable bonds is 4. The highest BCUT2D eigenvalue weighted by Gasteiger charge is 2.22. The number of carbonyl (C=O) groups excluding carboxylic acids is 1. The van der Waals surface area contributed by atoms with Gasteiger partial charge < -0.3 is 9.80 Å². The third-order valence-electron chi connectivity index (χ3n) is 3.97. The molecule has 0 N–H and O–H groups in total. The van der Waals surface area contributed by atoms with Crippen LogP contribution in [0.2, 0.25) is 0 Å². The third-order valence-corrected chi connectivity index (χ3v) is 5.04. The van der Waals surface area contributed by atoms with Crippen LogP contribution in [0, 0.1) is 21.4 Å². The number of thiophene rings is 1. The van der Waals surface area contributed by atoms with Crippen LogP contribution in [0.3, 0.4) is 0 Å². The van der Waals surface area contributed by atoms with Crippen molar-refractivity contribution in [2.75, 3.05) is 36.0 Å². The number of carbonyl (C=O) groups is 1. The van der Waals surface area contributed by atoms with Crippen molar-refractivity contribution in [2.45, 2.75) is 0 Å². The Morgan fingerprint density at radius 2 is 1.88 bits per heavy atom. The lowest BCUT2D eigenvalue weighted by Gasteiger charge is -2.36. The molecule has 24 heavy (non-hydrogen) atoms. The zero-order valence-electron chi connectivity index (χ0n) is 12.7. The van der Waals surface area contributed by atoms with Crippen LogP contribution in [0.15, 0.2) is 30.3 Å². The lowest BCUT2D eigenvalue weighted by Crippen LogP contribution is -2.46. The Morgan fingerprint density at radius 3 is 2.46 bits per heavy atom. The number of piperazine rings is 1. The summed E-state index contributed by atoms with van der Waals surface area (Å²) in [6, 6.07) is 10.2. The molecule has 0 unspecified atom stereocenters. The van der Waals surface area contributed by atoms with E-state index < -0.39 is 4.92 Å². The molecule has 0 saturated carbocycles. The number of nitrogens with zero attached hydrogens (tertiary/aromatic N) is 4. The Kier molecular flexibility index (Phi) is 4.44. The Morgan fingerprint density at radius 1 is 1.17 bits per heavy atom. The van der Waals surface area contributed by atoms with Crippen LogP contribution in [0.25, 0.3) is 0 Å². The first-order chi connectivity index (χ1) is 11.6. The zero-order chi connectivity index (χ0) is 17.1. The molecule has 122 valence electrons. The summed E-state index contributed by atoms with van der Waals surface area (Å²) in [4.78, 5) is 26.1. The Balaban J connectivity index is 1.73. The number of nitro groups is 1. The number of non-ortho nitro benzene ring substituents is 1. The second-order valence-corrected chi connectivity index (χ2v) is 6.43. The fourth-order valence-corrected chi connectivity index (χ4v) is 3.62. The van der Waals surface area contributed by atoms with Crippen molar-refractivity contribution in [1.29, 1.82) is 5.26 Å². The lowest BCUT2D eigenvalue weighted by molar-refractivity contribution is -0.384. The minimum atomic E-state index is -0.496. The Bertz CT molecular complexity index is 819. The highest BCUT2D eigenvalue weighted by atomic mass is 32.1. The van der Waals surface area contributed by atoms with Gasteiger partial charge >= 0.3 is 0 Å². The normalized spacial score (nSPS) is 14.3. The third kappa shape index (κ3) is 3.07. The van der Waals surface area contributed by atoms with Gasteiger partial charge in [0.05, 0.1) is 26.1 Å². The number of hydrogen-bond acceptors (Lipinski definition) is 7. The zero-order valence-corrected chi connectivity index (χ0v) is 13.5. The molecule has 1 aliphatic heterocycles. The predicted octanol–water partition coefficient (Wildman–Crippen LogP) is 2.67. The highest BCUT2D eigenvalue weighted by Crippen LogP contribution is 2.29. The summed E-state index contributed by atoms with van der Waals surface area (Å²) in [5.41, 5.74) is 0.966. The quantitative estimate of drug-likeness (QED) is 0.482. The van der Waals surface area contributed by atoms with E-state index in [4.69, 9.17) is 0 Å². The van der Waals surface area contributed by atoms with E-state index in [2.05, 4.69) is 9.80 Å². The van der Waals surface area contributed by atoms with Crippen molar-refractivity contribution >= 4 is 34.0 Å². The Labute approximate surface area is 142 Å². The van der Waals surface area contributed by atoms with Gasteiger partial charge in [0.2, 0.25) is 0 Å². The number of hydrogen-bond donors (Lipinski definition) is 0. The standard InChI is InChI=1S/C16H14N4O3S/c17-10-12-9-13(20(22)23)1-3-15(12)18-5-7-19(8-6-18)16-4-2-14(11-21)24-16/h1-4,9,11H,5-8H2. The first-order valence-corrected chi connectivity index (χ1v) is 8.17. The van der Waals surface area contributed by atoms with Gasteiger partial charge in [0.1, 0.15) is 6.07 Å². The van der Waals surface area contributed by atoms with Crippen molar-refractivity contribution in [3.63, 3.8) is 0 Å². The molecule has 0 radical (unpaired) electrons. The van der Waals surface area contributed by atoms with Gasteiger partial charge in [-0.15, -0.1) is 11.3 Å². The SMILES string of the molecule is N#Cc1cc([N+](=O)[O-])ccc1N1CCN(c2ccc(C=O)s2)CC1. The summed E-state index contributed by atoms with van der Waals surface area (Å²) in [7, 11) is 0. The largest absolute Gasteiger partial charge is 0.367 e. The second-order valence-electron chi connectivity index (χ2n) is 5.34. The lowest BCUT2D eigenvalue weighted by atomic mass is 10.1. The van der Waals surface area contributed by atoms with Crippen molar-refractivity contribution in [2.24, 2.45) is 0 Å². The molecule has 0 amide bonds. The fraction of sp³-hybridized carbons (Fsp3) is 0.250. The van der Waals surface area contributed by atoms with Crippen LogP contribution in [0.5, 0.6) is 0 Å². The van der Waals surface area contributed by atoms with E-state index in [1.807, 2.05) is 18.2 Å². The van der Waals surface area contributed by atoms with Crippen LogP contribution in [-0.2, 0) is 0 Å². The van der Waals surface area contributed by atoms with E-state index in [0.717, 1.165) is 30.1 Å². The second kappa shape index (κ2) is 6.68. The minimum absolute atomic E-state index is 0.0751. The number of nitriles is 1. The monoisotopic (exact) mass is 342 g/mol. The molecule has 0 spiro atoms. The number of aldehydes is 1. The molecule has 1 aliphatic rings. The maximum Gasteiger partial charge on any atom is 0.270 e. The van der Waals surface area contributed by atoms with E-state index in [9.17, 15) is 20.2 Å². The Hall–Kier alpha value is -2.92. The van der Waals surface area contributed by atoms with E-state index in [1.54, 1.807) is 6.07 Å². The van der Waals surface area contributed by atoms with Crippen LogP contribution in [0.4, 0.5) is 16.4 Å². The smallest absolute Gasteiger partial charge is 0.270 e. The van der Waals surface area contributed by atoms with Gasteiger partial charge in [0.25, 0.3) is 5.69 Å². The molecule has 8 heteroatoms. The van der Waals surface area contributed by atoms with Crippen LogP contribution >= 0.6 is 11.3 Å². The molecule has 3 rings (SSSR count). The van der Waals surface area contributed by atoms with E-state index >= 15 is 0 Å². The number of nitro benzene ring substituents is 1. The molecule has 2 aromatic rings. The number of benzene rings is 1. The van der Waals surface area contributed by atoms with Gasteiger partial charge in [-0.05, 0) is 18.2 Å². The van der Waals surface area contributed by atoms with Crippen LogP contribution < -0.4 is 9.80 Å². The minimum Gasteiger partial charge on any atom is -0.367 e. The summed E-state index contributed by atoms with van der Waals surface area (Å²) in [6.45, 7) is 2.95. The van der Waals surface area contributed by atoms with Crippen molar-refractivity contribution in [3.8, 4) is 6.07 Å². The van der Waals surface area contributed by atoms with Gasteiger partial charge in [0.15, 0.2) is 6.29 Å². The summed E-state index contributed by atoms with van der Waals surface area (Å²) in [6.07, 6.45) is 0.848.